The van der Waals surface area contributed by atoms with Crippen LogP contribution >= 0.6 is 0 Å². The maximum Gasteiger partial charge on any atom is 0.240 e. The molecule has 0 amide bonds. The summed E-state index contributed by atoms with van der Waals surface area (Å²) in [5, 5.41) is 9.20. The van der Waals surface area contributed by atoms with E-state index < -0.39 is 15.8 Å². The van der Waals surface area contributed by atoms with Crippen molar-refractivity contribution >= 4 is 10.0 Å². The number of rotatable bonds is 7. The summed E-state index contributed by atoms with van der Waals surface area (Å²) in [4.78, 5) is -0.0617. The van der Waals surface area contributed by atoms with E-state index in [0.717, 1.165) is 11.6 Å². The highest BCUT2D eigenvalue weighted by molar-refractivity contribution is 7.89. The number of nitrogens with one attached hydrogen (secondary N) is 1. The predicted molar refractivity (Wildman–Crippen MR) is 87.2 cm³/mol. The molecule has 2 rings (SSSR count). The first-order valence-electron chi connectivity index (χ1n) is 7.35. The highest BCUT2D eigenvalue weighted by atomic mass is 32.2. The molecule has 23 heavy (non-hydrogen) atoms. The molecule has 0 saturated heterocycles. The van der Waals surface area contributed by atoms with Crippen molar-refractivity contribution in [3.05, 3.63) is 65.5 Å². The Morgan fingerprint density at radius 1 is 1.17 bits per heavy atom. The quantitative estimate of drug-likeness (QED) is 0.816. The first-order valence-corrected chi connectivity index (χ1v) is 8.84. The van der Waals surface area contributed by atoms with E-state index in [-0.39, 0.29) is 24.0 Å². The summed E-state index contributed by atoms with van der Waals surface area (Å²) < 4.78 is 40.7. The van der Waals surface area contributed by atoms with Crippen LogP contribution in [0.1, 0.15) is 23.5 Å². The van der Waals surface area contributed by atoms with Gasteiger partial charge in [0.25, 0.3) is 0 Å². The van der Waals surface area contributed by atoms with Gasteiger partial charge in [-0.15, -0.1) is 0 Å². The van der Waals surface area contributed by atoms with Crippen LogP contribution < -0.4 is 4.72 Å². The lowest BCUT2D eigenvalue weighted by molar-refractivity contribution is 0.275. The van der Waals surface area contributed by atoms with Crippen molar-refractivity contribution in [2.45, 2.75) is 24.2 Å². The molecule has 0 saturated carbocycles. The summed E-state index contributed by atoms with van der Waals surface area (Å²) in [6.07, 6.45) is 0.439. The van der Waals surface area contributed by atoms with Gasteiger partial charge in [0.1, 0.15) is 5.82 Å². The van der Waals surface area contributed by atoms with E-state index >= 15 is 0 Å². The number of hydrogen-bond donors (Lipinski definition) is 2. The molecule has 0 heterocycles. The van der Waals surface area contributed by atoms with Crippen LogP contribution in [0.5, 0.6) is 0 Å². The van der Waals surface area contributed by atoms with Gasteiger partial charge < -0.3 is 5.11 Å². The van der Waals surface area contributed by atoms with Crippen LogP contribution in [0.15, 0.2) is 53.4 Å². The number of aryl methyl sites for hydroxylation is 1. The van der Waals surface area contributed by atoms with Crippen LogP contribution in [0.4, 0.5) is 4.39 Å². The molecule has 2 aromatic rings. The summed E-state index contributed by atoms with van der Waals surface area (Å²) in [6.45, 7) is 1.72. The van der Waals surface area contributed by atoms with Crippen molar-refractivity contribution in [3.63, 3.8) is 0 Å². The highest BCUT2D eigenvalue weighted by Crippen LogP contribution is 2.21. The minimum absolute atomic E-state index is 0.0414. The van der Waals surface area contributed by atoms with E-state index in [1.807, 2.05) is 30.3 Å². The zero-order chi connectivity index (χ0) is 16.9. The molecule has 2 aromatic carbocycles. The summed E-state index contributed by atoms with van der Waals surface area (Å²) in [7, 11) is -3.81. The zero-order valence-corrected chi connectivity index (χ0v) is 13.7. The zero-order valence-electron chi connectivity index (χ0n) is 12.9. The van der Waals surface area contributed by atoms with Crippen molar-refractivity contribution < 1.29 is 17.9 Å². The molecule has 0 fully saturated rings. The summed E-state index contributed by atoms with van der Waals surface area (Å²) >= 11 is 0. The number of sulfonamides is 1. The third-order valence-electron chi connectivity index (χ3n) is 3.71. The van der Waals surface area contributed by atoms with Gasteiger partial charge in [0, 0.05) is 13.2 Å². The van der Waals surface area contributed by atoms with Crippen LogP contribution in [-0.2, 0) is 10.0 Å². The lowest BCUT2D eigenvalue weighted by Gasteiger charge is -2.18. The Kier molecular flexibility index (Phi) is 5.87. The van der Waals surface area contributed by atoms with E-state index in [2.05, 4.69) is 4.72 Å². The van der Waals surface area contributed by atoms with Crippen molar-refractivity contribution in [2.75, 3.05) is 13.2 Å². The van der Waals surface area contributed by atoms with E-state index in [0.29, 0.717) is 12.0 Å². The van der Waals surface area contributed by atoms with Crippen LogP contribution in [0.3, 0.4) is 0 Å². The Morgan fingerprint density at radius 2 is 1.87 bits per heavy atom. The van der Waals surface area contributed by atoms with Gasteiger partial charge in [0.2, 0.25) is 10.0 Å². The number of aliphatic hydroxyl groups excluding tert-OH is 1. The molecule has 0 bridgehead atoms. The molecule has 1 atom stereocenters. The lowest BCUT2D eigenvalue weighted by Crippen LogP contribution is -2.29. The minimum atomic E-state index is -3.81. The monoisotopic (exact) mass is 337 g/mol. The second-order valence-corrected chi connectivity index (χ2v) is 7.12. The summed E-state index contributed by atoms with van der Waals surface area (Å²) in [5.41, 5.74) is 1.43. The molecule has 4 nitrogen and oxygen atoms in total. The predicted octanol–water partition coefficient (Wildman–Crippen LogP) is 2.58. The van der Waals surface area contributed by atoms with E-state index in [1.54, 1.807) is 6.92 Å². The first-order chi connectivity index (χ1) is 10.9. The smallest absolute Gasteiger partial charge is 0.240 e. The Labute approximate surface area is 136 Å². The van der Waals surface area contributed by atoms with Gasteiger partial charge in [-0.25, -0.2) is 17.5 Å². The molecule has 2 N–H and O–H groups in total. The molecular weight excluding hydrogens is 317 g/mol. The Balaban J connectivity index is 2.18. The van der Waals surface area contributed by atoms with Crippen molar-refractivity contribution in [2.24, 2.45) is 0 Å². The van der Waals surface area contributed by atoms with Crippen molar-refractivity contribution in [1.29, 1.82) is 0 Å². The molecule has 0 aromatic heterocycles. The normalized spacial score (nSPS) is 13.0. The molecule has 124 valence electrons. The van der Waals surface area contributed by atoms with Gasteiger partial charge in [-0.1, -0.05) is 36.4 Å². The van der Waals surface area contributed by atoms with Crippen LogP contribution in [0, 0.1) is 12.7 Å². The highest BCUT2D eigenvalue weighted by Gasteiger charge is 2.20. The average Bonchev–Trinajstić information content (AvgIpc) is 2.54. The van der Waals surface area contributed by atoms with Gasteiger partial charge in [-0.05, 0) is 42.5 Å². The van der Waals surface area contributed by atoms with Crippen LogP contribution in [0.25, 0.3) is 0 Å². The van der Waals surface area contributed by atoms with Gasteiger partial charge in [0.05, 0.1) is 4.90 Å². The number of halogens is 1. The third kappa shape index (κ3) is 4.60. The fourth-order valence-electron chi connectivity index (χ4n) is 2.42. The van der Waals surface area contributed by atoms with Gasteiger partial charge in [0.15, 0.2) is 0 Å². The molecule has 0 aliphatic carbocycles. The fraction of sp³-hybridized carbons (Fsp3) is 0.294. The third-order valence-corrected chi connectivity index (χ3v) is 5.27. The van der Waals surface area contributed by atoms with Gasteiger partial charge in [-0.3, -0.25) is 0 Å². The summed E-state index contributed by atoms with van der Waals surface area (Å²) in [6, 6.07) is 13.1. The fourth-order valence-corrected chi connectivity index (χ4v) is 3.75. The number of aliphatic hydroxyl groups is 1. The Morgan fingerprint density at radius 3 is 2.52 bits per heavy atom. The second-order valence-electron chi connectivity index (χ2n) is 5.38. The number of hydrogen-bond acceptors (Lipinski definition) is 3. The molecule has 0 aliphatic heterocycles. The molecule has 0 spiro atoms. The molecule has 6 heteroatoms. The SMILES string of the molecule is Cc1ccc(F)cc1S(=O)(=O)NCC(CCO)c1ccccc1. The molecule has 1 unspecified atom stereocenters. The van der Waals surface area contributed by atoms with Crippen molar-refractivity contribution in [1.82, 2.24) is 4.72 Å². The van der Waals surface area contributed by atoms with E-state index in [4.69, 9.17) is 0 Å². The lowest BCUT2D eigenvalue weighted by atomic mass is 9.96. The van der Waals surface area contributed by atoms with Crippen molar-refractivity contribution in [3.8, 4) is 0 Å². The topological polar surface area (TPSA) is 66.4 Å². The first kappa shape index (κ1) is 17.6. The van der Waals surface area contributed by atoms with Gasteiger partial charge in [-0.2, -0.15) is 0 Å². The van der Waals surface area contributed by atoms with E-state index in [9.17, 15) is 17.9 Å². The molecule has 0 aliphatic rings. The maximum atomic E-state index is 13.3. The van der Waals surface area contributed by atoms with Gasteiger partial charge >= 0.3 is 0 Å². The number of benzene rings is 2. The largest absolute Gasteiger partial charge is 0.396 e. The standard InChI is InChI=1S/C17H20FNO3S/c1-13-7-8-16(18)11-17(13)23(21,22)19-12-15(9-10-20)14-5-3-2-4-6-14/h2-8,11,15,19-20H,9-10,12H2,1H3. The summed E-state index contributed by atoms with van der Waals surface area (Å²) in [5.74, 6) is -0.740. The second kappa shape index (κ2) is 7.68. The molecular formula is C17H20FNO3S. The van der Waals surface area contributed by atoms with E-state index in [1.165, 1.54) is 12.1 Å². The molecule has 0 radical (unpaired) electrons. The Hall–Kier alpha value is -1.76. The maximum absolute atomic E-state index is 13.3. The van der Waals surface area contributed by atoms with Crippen LogP contribution in [0.2, 0.25) is 0 Å². The Bertz CT molecular complexity index is 748. The minimum Gasteiger partial charge on any atom is -0.396 e. The average molecular weight is 337 g/mol. The van der Waals surface area contributed by atoms with Crippen LogP contribution in [-0.4, -0.2) is 26.7 Å².